The van der Waals surface area contributed by atoms with Crippen LogP contribution >= 0.6 is 0 Å². The van der Waals surface area contributed by atoms with E-state index >= 15 is 0 Å². The second kappa shape index (κ2) is 10.9. The molecule has 2 N–H and O–H groups in total. The van der Waals surface area contributed by atoms with Crippen molar-refractivity contribution >= 4 is 17.8 Å². The predicted octanol–water partition coefficient (Wildman–Crippen LogP) is 3.80. The predicted molar refractivity (Wildman–Crippen MR) is 123 cm³/mol. The molecule has 0 fully saturated rings. The number of amides is 1. The number of aliphatic hydroxyl groups is 2. The smallest absolute Gasteiger partial charge is 0.290 e. The fourth-order valence-electron chi connectivity index (χ4n) is 3.70. The summed E-state index contributed by atoms with van der Waals surface area (Å²) >= 11 is 0. The van der Waals surface area contributed by atoms with Crippen molar-refractivity contribution in [1.29, 1.82) is 0 Å². The van der Waals surface area contributed by atoms with Crippen LogP contribution in [0, 0.1) is 0 Å². The minimum atomic E-state index is -0.714. The highest BCUT2D eigenvalue weighted by Crippen LogP contribution is 2.38. The van der Waals surface area contributed by atoms with Crippen LogP contribution in [-0.2, 0) is 14.3 Å². The number of benzene rings is 2. The second-order valence-corrected chi connectivity index (χ2v) is 7.93. The molecule has 0 unspecified atom stereocenters. The first-order valence-electron chi connectivity index (χ1n) is 10.7. The van der Waals surface area contributed by atoms with Gasteiger partial charge < -0.3 is 19.8 Å². The summed E-state index contributed by atoms with van der Waals surface area (Å²) in [6, 6.07) is 16.4. The van der Waals surface area contributed by atoms with Crippen LogP contribution in [0.4, 0.5) is 0 Å². The van der Waals surface area contributed by atoms with Crippen LogP contribution in [0.5, 0.6) is 0 Å². The highest BCUT2D eigenvalue weighted by atomic mass is 16.5. The van der Waals surface area contributed by atoms with Gasteiger partial charge in [-0.05, 0) is 28.7 Å². The van der Waals surface area contributed by atoms with Gasteiger partial charge in [-0.25, -0.2) is 0 Å². The van der Waals surface area contributed by atoms with Gasteiger partial charge in [-0.15, -0.1) is 0 Å². The van der Waals surface area contributed by atoms with Gasteiger partial charge in [0.25, 0.3) is 5.91 Å². The number of ketones is 1. The van der Waals surface area contributed by atoms with Gasteiger partial charge in [-0.1, -0.05) is 74.5 Å². The van der Waals surface area contributed by atoms with E-state index in [1.807, 2.05) is 54.6 Å². The summed E-state index contributed by atoms with van der Waals surface area (Å²) in [4.78, 5) is 27.4. The molecule has 1 atom stereocenters. The van der Waals surface area contributed by atoms with E-state index in [-0.39, 0.29) is 31.9 Å². The van der Waals surface area contributed by atoms with Crippen molar-refractivity contribution in [3.63, 3.8) is 0 Å². The zero-order chi connectivity index (χ0) is 23.1. The maximum absolute atomic E-state index is 13.1. The molecule has 0 saturated heterocycles. The summed E-state index contributed by atoms with van der Waals surface area (Å²) in [5.74, 6) is -1.22. The van der Waals surface area contributed by atoms with Gasteiger partial charge in [0.2, 0.25) is 0 Å². The molecule has 1 aliphatic rings. The summed E-state index contributed by atoms with van der Waals surface area (Å²) in [6.07, 6.45) is 3.05. The SMILES string of the molecule is CC(C)c1ccc([C@@H]2C(C(=O)/C=C\c3ccccc3)=C(O)C(=O)N2CCOCCO)cc1. The topological polar surface area (TPSA) is 87.1 Å². The Morgan fingerprint density at radius 2 is 1.78 bits per heavy atom. The number of carbonyl (C=O) groups excluding carboxylic acids is 2. The van der Waals surface area contributed by atoms with Gasteiger partial charge in [0.1, 0.15) is 0 Å². The van der Waals surface area contributed by atoms with Crippen molar-refractivity contribution in [3.8, 4) is 0 Å². The quantitative estimate of drug-likeness (QED) is 0.438. The Bertz CT molecular complexity index is 993. The lowest BCUT2D eigenvalue weighted by Gasteiger charge is -2.26. The maximum Gasteiger partial charge on any atom is 0.290 e. The standard InChI is InChI=1S/C26H29NO5/c1-18(2)20-9-11-21(12-10-20)24-23(22(29)13-8-19-6-4-3-5-7-19)25(30)26(31)27(24)14-16-32-17-15-28/h3-13,18,24,28,30H,14-17H2,1-2H3/b13-8-/t24-/m1/s1. The van der Waals surface area contributed by atoms with Gasteiger partial charge >= 0.3 is 0 Å². The molecule has 1 aliphatic heterocycles. The van der Waals surface area contributed by atoms with E-state index in [0.717, 1.165) is 16.7 Å². The van der Waals surface area contributed by atoms with Gasteiger partial charge in [0, 0.05) is 6.54 Å². The number of hydrogen-bond acceptors (Lipinski definition) is 5. The van der Waals surface area contributed by atoms with E-state index in [4.69, 9.17) is 9.84 Å². The van der Waals surface area contributed by atoms with Crippen molar-refractivity contribution in [2.75, 3.05) is 26.4 Å². The number of nitrogens with zero attached hydrogens (tertiary/aromatic N) is 1. The van der Waals surface area contributed by atoms with Crippen LogP contribution in [0.3, 0.4) is 0 Å². The summed E-state index contributed by atoms with van der Waals surface area (Å²) < 4.78 is 5.32. The van der Waals surface area contributed by atoms with Crippen LogP contribution in [0.2, 0.25) is 0 Å². The Morgan fingerprint density at radius 3 is 2.41 bits per heavy atom. The van der Waals surface area contributed by atoms with Crippen molar-refractivity contribution in [2.45, 2.75) is 25.8 Å². The first kappa shape index (κ1) is 23.4. The molecule has 168 valence electrons. The first-order valence-corrected chi connectivity index (χ1v) is 10.7. The zero-order valence-corrected chi connectivity index (χ0v) is 18.4. The molecule has 0 bridgehead atoms. The van der Waals surface area contributed by atoms with Crippen molar-refractivity contribution < 1.29 is 24.5 Å². The van der Waals surface area contributed by atoms with E-state index in [1.165, 1.54) is 11.0 Å². The van der Waals surface area contributed by atoms with Gasteiger partial charge in [0.15, 0.2) is 11.5 Å². The molecule has 0 saturated carbocycles. The Labute approximate surface area is 188 Å². The van der Waals surface area contributed by atoms with Crippen LogP contribution in [0.25, 0.3) is 6.08 Å². The van der Waals surface area contributed by atoms with E-state index in [0.29, 0.717) is 5.92 Å². The molecule has 2 aromatic rings. The number of hydrogen-bond donors (Lipinski definition) is 2. The first-order chi connectivity index (χ1) is 15.4. The van der Waals surface area contributed by atoms with E-state index < -0.39 is 23.5 Å². The molecular weight excluding hydrogens is 406 g/mol. The fourth-order valence-corrected chi connectivity index (χ4v) is 3.70. The average Bonchev–Trinajstić information content (AvgIpc) is 3.06. The zero-order valence-electron chi connectivity index (χ0n) is 18.4. The van der Waals surface area contributed by atoms with Crippen LogP contribution in [0.1, 0.15) is 42.5 Å². The van der Waals surface area contributed by atoms with Crippen molar-refractivity contribution in [3.05, 3.63) is 88.7 Å². The van der Waals surface area contributed by atoms with Crippen molar-refractivity contribution in [2.24, 2.45) is 0 Å². The number of ether oxygens (including phenoxy) is 1. The normalized spacial score (nSPS) is 16.6. The fraction of sp³-hybridized carbons (Fsp3) is 0.308. The summed E-state index contributed by atoms with van der Waals surface area (Å²) in [5, 5.41) is 19.5. The minimum absolute atomic E-state index is 0.0571. The third kappa shape index (κ3) is 5.33. The van der Waals surface area contributed by atoms with Gasteiger partial charge in [-0.2, -0.15) is 0 Å². The molecule has 6 nitrogen and oxygen atoms in total. The molecule has 32 heavy (non-hydrogen) atoms. The highest BCUT2D eigenvalue weighted by Gasteiger charge is 2.42. The molecule has 0 aromatic heterocycles. The van der Waals surface area contributed by atoms with Gasteiger partial charge in [0.05, 0.1) is 31.4 Å². The number of carbonyl (C=O) groups is 2. The highest BCUT2D eigenvalue weighted by molar-refractivity contribution is 6.14. The lowest BCUT2D eigenvalue weighted by Crippen LogP contribution is -2.34. The summed E-state index contributed by atoms with van der Waals surface area (Å²) in [5.41, 5.74) is 2.78. The summed E-state index contributed by atoms with van der Waals surface area (Å²) in [6.45, 7) is 4.58. The average molecular weight is 436 g/mol. The molecule has 6 heteroatoms. The van der Waals surface area contributed by atoms with Crippen molar-refractivity contribution in [1.82, 2.24) is 4.90 Å². The largest absolute Gasteiger partial charge is 0.503 e. The molecule has 1 amide bonds. The number of allylic oxidation sites excluding steroid dienone is 1. The van der Waals surface area contributed by atoms with E-state index in [1.54, 1.807) is 6.08 Å². The van der Waals surface area contributed by atoms with Gasteiger partial charge in [-0.3, -0.25) is 9.59 Å². The lowest BCUT2D eigenvalue weighted by molar-refractivity contribution is -0.130. The lowest BCUT2D eigenvalue weighted by atomic mass is 9.93. The second-order valence-electron chi connectivity index (χ2n) is 7.93. The van der Waals surface area contributed by atoms with Crippen LogP contribution in [-0.4, -0.2) is 53.2 Å². The third-order valence-electron chi connectivity index (χ3n) is 5.43. The Balaban J connectivity index is 1.93. The molecule has 0 spiro atoms. The third-order valence-corrected chi connectivity index (χ3v) is 5.43. The van der Waals surface area contributed by atoms with E-state index in [9.17, 15) is 14.7 Å². The summed E-state index contributed by atoms with van der Waals surface area (Å²) in [7, 11) is 0. The Hall–Kier alpha value is -3.22. The Kier molecular flexibility index (Phi) is 7.98. The molecular formula is C26H29NO5. The number of aliphatic hydroxyl groups excluding tert-OH is 2. The molecule has 0 aliphatic carbocycles. The van der Waals surface area contributed by atoms with Crippen LogP contribution in [0.15, 0.2) is 72.0 Å². The van der Waals surface area contributed by atoms with Crippen LogP contribution < -0.4 is 0 Å². The molecule has 2 aromatic carbocycles. The van der Waals surface area contributed by atoms with E-state index in [2.05, 4.69) is 13.8 Å². The minimum Gasteiger partial charge on any atom is -0.503 e. The molecule has 0 radical (unpaired) electrons. The number of rotatable bonds is 10. The monoisotopic (exact) mass is 435 g/mol. The molecule has 3 rings (SSSR count). The molecule has 1 heterocycles. The maximum atomic E-state index is 13.1. The Morgan fingerprint density at radius 1 is 1.09 bits per heavy atom.